The fourth-order valence-corrected chi connectivity index (χ4v) is 0. The van der Waals surface area contributed by atoms with Gasteiger partial charge in [-0.3, -0.25) is 0 Å². The third-order valence-corrected chi connectivity index (χ3v) is 0.274. The fraction of sp³-hybridized carbons (Fsp3) is 0. The average molecular weight is 236 g/mol. The van der Waals surface area contributed by atoms with Crippen LogP contribution >= 0.6 is 0 Å². The molecule has 62 valence electrons. The van der Waals surface area contributed by atoms with E-state index in [0.717, 1.165) is 0 Å². The molecule has 0 heterocycles. The molecular formula is CH2KNaO8S. The summed E-state index contributed by atoms with van der Waals surface area (Å²) >= 11 is 0. The molecule has 11 heteroatoms. The van der Waals surface area contributed by atoms with Crippen LogP contribution in [0.5, 0.6) is 0 Å². The third kappa shape index (κ3) is 60.3. The molecule has 0 saturated heterocycles. The predicted octanol–water partition coefficient (Wildman–Crippen LogP) is -8.17. The quantitative estimate of drug-likeness (QED) is 0.150. The van der Waals surface area contributed by atoms with Crippen LogP contribution in [0.15, 0.2) is 0 Å². The average Bonchev–Trinajstić information content (AvgIpc) is 1.63. The Labute approximate surface area is 133 Å². The molecule has 0 aromatic rings. The summed E-state index contributed by atoms with van der Waals surface area (Å²) < 4.78 is 29.3. The summed E-state index contributed by atoms with van der Waals surface area (Å²) in [5, 5.41) is 22.3. The van der Waals surface area contributed by atoms with Gasteiger partial charge < -0.3 is 19.6 Å². The van der Waals surface area contributed by atoms with Crippen LogP contribution in [0.3, 0.4) is 0 Å². The van der Waals surface area contributed by atoms with E-state index >= 15 is 0 Å². The van der Waals surface area contributed by atoms with Gasteiger partial charge in [-0.25, -0.2) is 13.7 Å². The van der Waals surface area contributed by atoms with E-state index in [0.29, 0.717) is 0 Å². The molecule has 8 nitrogen and oxygen atoms in total. The fourth-order valence-electron chi connectivity index (χ4n) is 0. The van der Waals surface area contributed by atoms with Gasteiger partial charge in [0.2, 0.25) is 16.6 Å². The molecule has 0 aliphatic carbocycles. The van der Waals surface area contributed by atoms with Gasteiger partial charge >= 0.3 is 80.9 Å². The zero-order valence-corrected chi connectivity index (χ0v) is 12.2. The Morgan fingerprint density at radius 1 is 1.42 bits per heavy atom. The Kier molecular flexibility index (Phi) is 24.9. The first kappa shape index (κ1) is 23.5. The smallest absolute Gasteiger partial charge is 0.724 e. The van der Waals surface area contributed by atoms with Crippen molar-refractivity contribution in [3.8, 4) is 0 Å². The van der Waals surface area contributed by atoms with Gasteiger partial charge in [0.15, 0.2) is 0 Å². The van der Waals surface area contributed by atoms with E-state index in [4.69, 9.17) is 33.2 Å². The molecule has 0 aliphatic rings. The van der Waals surface area contributed by atoms with Gasteiger partial charge in [0.1, 0.15) is 0 Å². The summed E-state index contributed by atoms with van der Waals surface area (Å²) in [6.07, 6.45) is -2.08. The van der Waals surface area contributed by atoms with E-state index in [-0.39, 0.29) is 80.9 Å². The summed E-state index contributed by atoms with van der Waals surface area (Å²) in [5.41, 5.74) is 0. The second kappa shape index (κ2) is 12.7. The van der Waals surface area contributed by atoms with Crippen molar-refractivity contribution in [2.75, 3.05) is 0 Å². The van der Waals surface area contributed by atoms with Crippen LogP contribution in [-0.4, -0.2) is 29.5 Å². The summed E-state index contributed by atoms with van der Waals surface area (Å²) in [5.74, 6) is 0. The van der Waals surface area contributed by atoms with Crippen molar-refractivity contribution in [3.63, 3.8) is 0 Å². The SMILES string of the molecule is O=C([O-])O.O=S(=O)([O-])OO.[K+].[Na+]. The van der Waals surface area contributed by atoms with Crippen molar-refractivity contribution in [3.05, 3.63) is 0 Å². The Hall–Kier alpha value is 1.74. The Morgan fingerprint density at radius 3 is 1.50 bits per heavy atom. The number of hydrogen-bond donors (Lipinski definition) is 2. The summed E-state index contributed by atoms with van der Waals surface area (Å²) in [7, 11) is -4.86. The molecule has 12 heavy (non-hydrogen) atoms. The van der Waals surface area contributed by atoms with Gasteiger partial charge in [-0.15, -0.1) is 4.33 Å². The molecule has 0 fully saturated rings. The van der Waals surface area contributed by atoms with Crippen molar-refractivity contribution in [1.82, 2.24) is 0 Å². The first-order valence-corrected chi connectivity index (χ1v) is 2.81. The molecule has 0 unspecified atom stereocenters. The minimum Gasteiger partial charge on any atom is -0.724 e. The maximum absolute atomic E-state index is 8.97. The van der Waals surface area contributed by atoms with Crippen LogP contribution in [-0.2, 0) is 14.7 Å². The van der Waals surface area contributed by atoms with Gasteiger partial charge in [0.05, 0.1) is 0 Å². The molecule has 0 aromatic heterocycles. The number of rotatable bonds is 1. The van der Waals surface area contributed by atoms with Crippen molar-refractivity contribution >= 4 is 16.6 Å². The van der Waals surface area contributed by atoms with E-state index in [1.54, 1.807) is 0 Å². The predicted molar refractivity (Wildman–Crippen MR) is 21.4 cm³/mol. The zero-order chi connectivity index (χ0) is 8.78. The van der Waals surface area contributed by atoms with Gasteiger partial charge in [-0.05, 0) is 0 Å². The number of carbonyl (C=O) groups is 1. The molecule has 2 N–H and O–H groups in total. The van der Waals surface area contributed by atoms with Crippen molar-refractivity contribution in [2.24, 2.45) is 0 Å². The van der Waals surface area contributed by atoms with Crippen LogP contribution in [0.25, 0.3) is 0 Å². The van der Waals surface area contributed by atoms with Crippen LogP contribution in [0, 0.1) is 0 Å². The van der Waals surface area contributed by atoms with Gasteiger partial charge in [-0.2, -0.15) is 0 Å². The number of hydrogen-bond acceptors (Lipinski definition) is 7. The Morgan fingerprint density at radius 2 is 1.50 bits per heavy atom. The maximum atomic E-state index is 8.97. The van der Waals surface area contributed by atoms with Crippen LogP contribution < -0.4 is 86.0 Å². The topological polar surface area (TPSA) is 147 Å². The van der Waals surface area contributed by atoms with Gasteiger partial charge in [0.25, 0.3) is 0 Å². The molecule has 0 spiro atoms. The molecule has 0 aliphatic heterocycles. The molecular weight excluding hydrogens is 234 g/mol. The second-order valence-corrected chi connectivity index (χ2v) is 1.71. The minimum absolute atomic E-state index is 0. The van der Waals surface area contributed by atoms with Crippen molar-refractivity contribution < 1.29 is 119 Å². The number of carboxylic acid groups (broad SMARTS) is 2. The molecule has 0 saturated carbocycles. The van der Waals surface area contributed by atoms with Crippen molar-refractivity contribution in [1.29, 1.82) is 0 Å². The van der Waals surface area contributed by atoms with Gasteiger partial charge in [-0.1, -0.05) is 0 Å². The Balaban J connectivity index is -0.0000000483. The molecule has 0 bridgehead atoms. The third-order valence-electron chi connectivity index (χ3n) is 0.0913. The largest absolute Gasteiger partial charge is 1.00 e. The first-order chi connectivity index (χ1) is 4.29. The standard InChI is InChI=1S/CH2O3.K.Na.H2O5S/c2-1(3)4;;;1-5-6(2,3)4/h(H2,2,3,4);;;1H,(H,2,3,4)/q;2*+1;/p-2. The monoisotopic (exact) mass is 236 g/mol. The van der Waals surface area contributed by atoms with Crippen LogP contribution in [0.2, 0.25) is 0 Å². The van der Waals surface area contributed by atoms with Crippen LogP contribution in [0.4, 0.5) is 4.79 Å². The molecule has 0 atom stereocenters. The zero-order valence-electron chi connectivity index (χ0n) is 6.25. The summed E-state index contributed by atoms with van der Waals surface area (Å²) in [6, 6.07) is 0. The maximum Gasteiger partial charge on any atom is 1.00 e. The van der Waals surface area contributed by atoms with Crippen LogP contribution in [0.1, 0.15) is 0 Å². The summed E-state index contributed by atoms with van der Waals surface area (Å²) in [4.78, 5) is 8.44. The van der Waals surface area contributed by atoms with Gasteiger partial charge in [0, 0.05) is 0 Å². The van der Waals surface area contributed by atoms with E-state index in [1.807, 2.05) is 0 Å². The second-order valence-electron chi connectivity index (χ2n) is 0.749. The summed E-state index contributed by atoms with van der Waals surface area (Å²) in [6.45, 7) is 0. The van der Waals surface area contributed by atoms with E-state index in [1.165, 1.54) is 0 Å². The molecule has 0 radical (unpaired) electrons. The first-order valence-electron chi connectivity index (χ1n) is 1.48. The molecule has 0 rings (SSSR count). The Bertz CT molecular complexity index is 181. The van der Waals surface area contributed by atoms with Crippen molar-refractivity contribution in [2.45, 2.75) is 0 Å². The normalized spacial score (nSPS) is 7.83. The minimum atomic E-state index is -4.86. The molecule has 0 amide bonds. The van der Waals surface area contributed by atoms with E-state index in [2.05, 4.69) is 4.33 Å². The van der Waals surface area contributed by atoms with E-state index in [9.17, 15) is 0 Å². The van der Waals surface area contributed by atoms with E-state index < -0.39 is 16.6 Å². The molecule has 0 aromatic carbocycles.